The Morgan fingerprint density at radius 1 is 0.949 bits per heavy atom. The summed E-state index contributed by atoms with van der Waals surface area (Å²) in [4.78, 5) is 43.2. The fraction of sp³-hybridized carbons (Fsp3) is 0.433. The van der Waals surface area contributed by atoms with Crippen LogP contribution in [-0.4, -0.2) is 62.4 Å². The van der Waals surface area contributed by atoms with Crippen molar-refractivity contribution < 1.29 is 33.3 Å². The summed E-state index contributed by atoms with van der Waals surface area (Å²) in [6.07, 6.45) is 0.506. The maximum atomic E-state index is 13.6. The van der Waals surface area contributed by atoms with Crippen molar-refractivity contribution in [2.45, 2.75) is 64.4 Å². The molecule has 2 aliphatic heterocycles. The number of anilines is 2. The molecule has 4 rings (SSSR count). The molecule has 1 fully saturated rings. The third-order valence-electron chi connectivity index (χ3n) is 6.65. The Bertz CT molecular complexity index is 1230. The van der Waals surface area contributed by atoms with Gasteiger partial charge in [-0.05, 0) is 74.9 Å². The van der Waals surface area contributed by atoms with Gasteiger partial charge in [0.1, 0.15) is 29.2 Å². The van der Waals surface area contributed by atoms with Gasteiger partial charge in [-0.1, -0.05) is 13.0 Å². The highest BCUT2D eigenvalue weighted by atomic mass is 16.6. The van der Waals surface area contributed by atoms with Gasteiger partial charge in [-0.15, -0.1) is 0 Å². The van der Waals surface area contributed by atoms with E-state index in [0.29, 0.717) is 29.3 Å². The summed E-state index contributed by atoms with van der Waals surface area (Å²) in [7, 11) is 3.14. The number of hydrogen-bond acceptors (Lipinski definition) is 7. The molecule has 2 aromatic carbocycles. The Hall–Kier alpha value is -3.85. The Balaban J connectivity index is 1.70. The van der Waals surface area contributed by atoms with E-state index in [1.807, 2.05) is 18.2 Å². The van der Waals surface area contributed by atoms with Crippen molar-refractivity contribution in [3.8, 4) is 11.5 Å². The van der Waals surface area contributed by atoms with Gasteiger partial charge in [0.25, 0.3) is 0 Å². The number of carbonyl (C=O) groups excluding carboxylic acids is 3. The predicted octanol–water partition coefficient (Wildman–Crippen LogP) is 4.92. The van der Waals surface area contributed by atoms with Gasteiger partial charge in [-0.3, -0.25) is 14.5 Å². The first-order valence-electron chi connectivity index (χ1n) is 13.0. The maximum absolute atomic E-state index is 13.6. The molecule has 39 heavy (non-hydrogen) atoms. The zero-order valence-corrected chi connectivity index (χ0v) is 23.3. The molecule has 3 atom stereocenters. The van der Waals surface area contributed by atoms with Crippen molar-refractivity contribution in [1.29, 1.82) is 0 Å². The molecule has 0 aromatic heterocycles. The van der Waals surface area contributed by atoms with Crippen LogP contribution in [0.15, 0.2) is 60.2 Å². The highest BCUT2D eigenvalue weighted by Gasteiger charge is 2.49. The first-order chi connectivity index (χ1) is 18.5. The fourth-order valence-electron chi connectivity index (χ4n) is 4.84. The molecule has 2 aromatic rings. The van der Waals surface area contributed by atoms with E-state index in [1.165, 1.54) is 4.90 Å². The summed E-state index contributed by atoms with van der Waals surface area (Å²) in [6, 6.07) is 13.1. The lowest BCUT2D eigenvalue weighted by molar-refractivity contribution is -0.131. The number of amides is 2. The number of hydrogen-bond donors (Lipinski definition) is 0. The molecule has 9 heteroatoms. The monoisotopic (exact) mass is 536 g/mol. The average Bonchev–Trinajstić information content (AvgIpc) is 3.24. The second kappa shape index (κ2) is 11.5. The number of methoxy groups -OCH3 is 2. The molecule has 0 spiro atoms. The van der Waals surface area contributed by atoms with Gasteiger partial charge in [0.05, 0.1) is 20.3 Å². The molecule has 2 bridgehead atoms. The smallest absolute Gasteiger partial charge is 0.415 e. The number of ether oxygens (including phenoxy) is 4. The molecule has 2 heterocycles. The molecule has 208 valence electrons. The van der Waals surface area contributed by atoms with Gasteiger partial charge >= 0.3 is 6.09 Å². The number of carbonyl (C=O) groups is 3. The molecule has 0 unspecified atom stereocenters. The molecule has 9 nitrogen and oxygen atoms in total. The first kappa shape index (κ1) is 28.2. The third-order valence-corrected chi connectivity index (χ3v) is 6.65. The lowest BCUT2D eigenvalue weighted by Crippen LogP contribution is -2.57. The van der Waals surface area contributed by atoms with Crippen LogP contribution >= 0.6 is 0 Å². The quantitative estimate of drug-likeness (QED) is 0.442. The lowest BCUT2D eigenvalue weighted by Gasteiger charge is -2.39. The van der Waals surface area contributed by atoms with Crippen molar-refractivity contribution in [3.05, 3.63) is 60.2 Å². The first-order valence-corrected chi connectivity index (χ1v) is 13.0. The van der Waals surface area contributed by atoms with Crippen LogP contribution in [-0.2, 0) is 19.1 Å². The minimum absolute atomic E-state index is 0.0791. The number of rotatable bonds is 8. The maximum Gasteiger partial charge on any atom is 0.415 e. The molecule has 0 aliphatic carbocycles. The van der Waals surface area contributed by atoms with Crippen LogP contribution in [0.4, 0.5) is 16.2 Å². The summed E-state index contributed by atoms with van der Waals surface area (Å²) in [6.45, 7) is 7.34. The molecule has 0 saturated carbocycles. The van der Waals surface area contributed by atoms with Crippen LogP contribution in [0.1, 0.15) is 40.5 Å². The van der Waals surface area contributed by atoms with Crippen LogP contribution in [0.2, 0.25) is 0 Å². The van der Waals surface area contributed by atoms with E-state index in [0.717, 1.165) is 5.57 Å². The van der Waals surface area contributed by atoms with Gasteiger partial charge in [0.15, 0.2) is 5.78 Å². The number of nitrogens with zero attached hydrogens (tertiary/aromatic N) is 2. The van der Waals surface area contributed by atoms with Crippen molar-refractivity contribution in [1.82, 2.24) is 0 Å². The molecular formula is C30H36N2O7. The predicted molar refractivity (Wildman–Crippen MR) is 148 cm³/mol. The molecule has 1 saturated heterocycles. The van der Waals surface area contributed by atoms with Crippen molar-refractivity contribution >= 4 is 29.2 Å². The molecule has 0 radical (unpaired) electrons. The SMILES string of the molecule is CCC(=O)N(CC1=C[C@H]2CC(=O)[C@@H](N(C(=O)OC(C)(C)C)c3ccc(OC)cc3)[C@@H]1O2)c1ccc(OC)cc1. The highest BCUT2D eigenvalue weighted by Crippen LogP contribution is 2.37. The van der Waals surface area contributed by atoms with E-state index in [4.69, 9.17) is 18.9 Å². The van der Waals surface area contributed by atoms with E-state index in [9.17, 15) is 14.4 Å². The summed E-state index contributed by atoms with van der Waals surface area (Å²) >= 11 is 0. The van der Waals surface area contributed by atoms with Crippen molar-refractivity contribution in [2.24, 2.45) is 0 Å². The zero-order valence-electron chi connectivity index (χ0n) is 23.3. The average molecular weight is 537 g/mol. The highest BCUT2D eigenvalue weighted by molar-refractivity contribution is 6.00. The van der Waals surface area contributed by atoms with E-state index < -0.39 is 29.9 Å². The second-order valence-electron chi connectivity index (χ2n) is 10.5. The number of Topliss-reactive ketones (excluding diaryl/α,β-unsaturated/α-hetero) is 1. The number of benzene rings is 2. The minimum Gasteiger partial charge on any atom is -0.497 e. The summed E-state index contributed by atoms with van der Waals surface area (Å²) in [5.41, 5.74) is 1.16. The van der Waals surface area contributed by atoms with Crippen LogP contribution in [0.25, 0.3) is 0 Å². The topological polar surface area (TPSA) is 94.6 Å². The normalized spacial score (nSPS) is 20.2. The van der Waals surface area contributed by atoms with Crippen LogP contribution in [0, 0.1) is 0 Å². The Morgan fingerprint density at radius 2 is 1.51 bits per heavy atom. The fourth-order valence-corrected chi connectivity index (χ4v) is 4.84. The lowest BCUT2D eigenvalue weighted by atomic mass is 9.95. The molecule has 0 N–H and O–H groups in total. The minimum atomic E-state index is -0.965. The Labute approximate surface area is 229 Å². The van der Waals surface area contributed by atoms with Gasteiger partial charge in [-0.25, -0.2) is 4.79 Å². The van der Waals surface area contributed by atoms with Crippen molar-refractivity contribution in [3.63, 3.8) is 0 Å². The van der Waals surface area contributed by atoms with Gasteiger partial charge < -0.3 is 23.8 Å². The van der Waals surface area contributed by atoms with E-state index >= 15 is 0 Å². The summed E-state index contributed by atoms with van der Waals surface area (Å²) in [5.74, 6) is 1.08. The Kier molecular flexibility index (Phi) is 8.30. The summed E-state index contributed by atoms with van der Waals surface area (Å²) in [5, 5.41) is 0. The van der Waals surface area contributed by atoms with Crippen LogP contribution in [0.5, 0.6) is 11.5 Å². The van der Waals surface area contributed by atoms with Gasteiger partial charge in [-0.2, -0.15) is 0 Å². The Morgan fingerprint density at radius 3 is 2.03 bits per heavy atom. The van der Waals surface area contributed by atoms with Crippen LogP contribution in [0.3, 0.4) is 0 Å². The standard InChI is InChI=1S/C30H36N2O7/c1-7-26(34)31(20-8-12-22(36-5)13-9-20)18-19-16-24-17-25(33)27(28(19)38-24)32(29(35)39-30(2,3)4)21-10-14-23(37-6)15-11-21/h8-16,24,27-28H,7,17-18H2,1-6H3/t24-,27+,28+/m0/s1. The summed E-state index contributed by atoms with van der Waals surface area (Å²) < 4.78 is 22.5. The third kappa shape index (κ3) is 6.25. The van der Waals surface area contributed by atoms with Gasteiger partial charge in [0, 0.05) is 30.8 Å². The molecule has 2 aliphatic rings. The zero-order chi connectivity index (χ0) is 28.3. The molecule has 2 amide bonds. The van der Waals surface area contributed by atoms with E-state index in [1.54, 1.807) is 83.2 Å². The van der Waals surface area contributed by atoms with E-state index in [2.05, 4.69) is 0 Å². The molecular weight excluding hydrogens is 500 g/mol. The second-order valence-corrected chi connectivity index (χ2v) is 10.5. The largest absolute Gasteiger partial charge is 0.497 e. The van der Waals surface area contributed by atoms with E-state index in [-0.39, 0.29) is 24.7 Å². The van der Waals surface area contributed by atoms with Crippen LogP contribution < -0.4 is 19.3 Å². The van der Waals surface area contributed by atoms with Gasteiger partial charge in [0.2, 0.25) is 5.91 Å². The number of ketones is 1. The van der Waals surface area contributed by atoms with Crippen molar-refractivity contribution in [2.75, 3.05) is 30.6 Å². The number of fused-ring (bicyclic) bond motifs is 2.